The molecule has 0 aliphatic carbocycles. The third kappa shape index (κ3) is 4.60. The summed E-state index contributed by atoms with van der Waals surface area (Å²) in [5.74, 6) is -1.52. The second kappa shape index (κ2) is 7.83. The van der Waals surface area contributed by atoms with Gasteiger partial charge in [0.2, 0.25) is 0 Å². The predicted octanol–water partition coefficient (Wildman–Crippen LogP) is 5.01. The molecule has 24 heavy (non-hydrogen) atoms. The molecule has 0 bridgehead atoms. The Bertz CT molecular complexity index is 811. The van der Waals surface area contributed by atoms with Crippen molar-refractivity contribution in [1.82, 2.24) is 0 Å². The van der Waals surface area contributed by atoms with Crippen LogP contribution in [0.2, 0.25) is 15.1 Å². The van der Waals surface area contributed by atoms with E-state index in [2.05, 4.69) is 5.32 Å². The van der Waals surface area contributed by atoms with Crippen molar-refractivity contribution in [3.8, 4) is 5.75 Å². The fourth-order valence-electron chi connectivity index (χ4n) is 1.82. The zero-order valence-electron chi connectivity index (χ0n) is 12.3. The molecule has 0 saturated heterocycles. The van der Waals surface area contributed by atoms with Crippen LogP contribution >= 0.6 is 34.8 Å². The Balaban J connectivity index is 2.00. The van der Waals surface area contributed by atoms with E-state index in [4.69, 9.17) is 39.5 Å². The SMILES string of the molecule is CC(=O)c1ccc(OCC(=O)Nc2cc(Cl)c(Cl)cc2Cl)cc1F. The van der Waals surface area contributed by atoms with Gasteiger partial charge in [-0.2, -0.15) is 0 Å². The Morgan fingerprint density at radius 2 is 1.75 bits per heavy atom. The third-order valence-electron chi connectivity index (χ3n) is 2.97. The van der Waals surface area contributed by atoms with Crippen molar-refractivity contribution in [2.24, 2.45) is 0 Å². The second-order valence-electron chi connectivity index (χ2n) is 4.78. The molecule has 0 heterocycles. The zero-order valence-corrected chi connectivity index (χ0v) is 14.6. The van der Waals surface area contributed by atoms with Gasteiger partial charge < -0.3 is 10.1 Å². The Labute approximate surface area is 152 Å². The molecule has 0 unspecified atom stereocenters. The highest BCUT2D eigenvalue weighted by atomic mass is 35.5. The molecular weight excluding hydrogens is 380 g/mol. The first-order valence-corrected chi connectivity index (χ1v) is 7.79. The van der Waals surface area contributed by atoms with Crippen LogP contribution in [-0.4, -0.2) is 18.3 Å². The van der Waals surface area contributed by atoms with Crippen LogP contribution in [0.1, 0.15) is 17.3 Å². The molecule has 0 fully saturated rings. The van der Waals surface area contributed by atoms with Crippen LogP contribution in [0.25, 0.3) is 0 Å². The summed E-state index contributed by atoms with van der Waals surface area (Å²) >= 11 is 17.6. The van der Waals surface area contributed by atoms with E-state index in [1.165, 1.54) is 31.2 Å². The number of halogens is 4. The van der Waals surface area contributed by atoms with Crippen molar-refractivity contribution in [3.05, 3.63) is 56.8 Å². The maximum Gasteiger partial charge on any atom is 0.262 e. The molecule has 4 nitrogen and oxygen atoms in total. The first-order chi connectivity index (χ1) is 11.3. The molecule has 0 aliphatic heterocycles. The molecule has 2 aromatic carbocycles. The van der Waals surface area contributed by atoms with Gasteiger partial charge in [-0.25, -0.2) is 4.39 Å². The fourth-order valence-corrected chi connectivity index (χ4v) is 2.42. The van der Waals surface area contributed by atoms with Gasteiger partial charge in [-0.05, 0) is 31.2 Å². The van der Waals surface area contributed by atoms with E-state index in [1.54, 1.807) is 0 Å². The first-order valence-electron chi connectivity index (χ1n) is 6.65. The molecule has 0 atom stereocenters. The number of hydrogen-bond donors (Lipinski definition) is 1. The van der Waals surface area contributed by atoms with E-state index in [0.29, 0.717) is 0 Å². The van der Waals surface area contributed by atoms with Gasteiger partial charge in [0, 0.05) is 6.07 Å². The minimum atomic E-state index is -0.715. The number of benzene rings is 2. The fraction of sp³-hybridized carbons (Fsp3) is 0.125. The topological polar surface area (TPSA) is 55.4 Å². The van der Waals surface area contributed by atoms with Crippen LogP contribution in [0, 0.1) is 5.82 Å². The van der Waals surface area contributed by atoms with Crippen molar-refractivity contribution in [2.45, 2.75) is 6.92 Å². The summed E-state index contributed by atoms with van der Waals surface area (Å²) in [6, 6.07) is 6.54. The van der Waals surface area contributed by atoms with Crippen LogP contribution in [0.5, 0.6) is 5.75 Å². The quantitative estimate of drug-likeness (QED) is 0.577. The Morgan fingerprint density at radius 3 is 2.38 bits per heavy atom. The van der Waals surface area contributed by atoms with Gasteiger partial charge in [0.1, 0.15) is 11.6 Å². The number of rotatable bonds is 5. The van der Waals surface area contributed by atoms with Crippen LogP contribution in [0.4, 0.5) is 10.1 Å². The number of carbonyl (C=O) groups is 2. The molecule has 0 aromatic heterocycles. The molecule has 0 saturated carbocycles. The molecule has 8 heteroatoms. The predicted molar refractivity (Wildman–Crippen MR) is 92.0 cm³/mol. The highest BCUT2D eigenvalue weighted by molar-refractivity contribution is 6.44. The molecule has 0 spiro atoms. The summed E-state index contributed by atoms with van der Waals surface area (Å²) in [4.78, 5) is 23.0. The molecule has 126 valence electrons. The summed E-state index contributed by atoms with van der Waals surface area (Å²) in [6.45, 7) is 0.878. The lowest BCUT2D eigenvalue weighted by Crippen LogP contribution is -2.20. The molecule has 0 radical (unpaired) electrons. The molecule has 1 amide bonds. The van der Waals surface area contributed by atoms with Gasteiger partial charge in [-0.3, -0.25) is 9.59 Å². The monoisotopic (exact) mass is 389 g/mol. The largest absolute Gasteiger partial charge is 0.484 e. The highest BCUT2D eigenvalue weighted by Crippen LogP contribution is 2.32. The maximum atomic E-state index is 13.7. The molecular formula is C16H11Cl3FNO3. The zero-order chi connectivity index (χ0) is 17.9. The van der Waals surface area contributed by atoms with Crippen molar-refractivity contribution < 1.29 is 18.7 Å². The van der Waals surface area contributed by atoms with Crippen LogP contribution in [-0.2, 0) is 4.79 Å². The van der Waals surface area contributed by atoms with E-state index in [0.717, 1.165) is 6.07 Å². The van der Waals surface area contributed by atoms with Crippen LogP contribution in [0.3, 0.4) is 0 Å². The van der Waals surface area contributed by atoms with Gasteiger partial charge in [0.25, 0.3) is 5.91 Å². The van der Waals surface area contributed by atoms with Crippen LogP contribution in [0.15, 0.2) is 30.3 Å². The number of Topliss-reactive ketones (excluding diaryl/α,β-unsaturated/α-hetero) is 1. The van der Waals surface area contributed by atoms with E-state index < -0.39 is 17.5 Å². The molecule has 0 aliphatic rings. The normalized spacial score (nSPS) is 10.4. The van der Waals surface area contributed by atoms with Crippen LogP contribution < -0.4 is 10.1 Å². The average Bonchev–Trinajstić information content (AvgIpc) is 2.50. The van der Waals surface area contributed by atoms with E-state index in [9.17, 15) is 14.0 Å². The number of hydrogen-bond acceptors (Lipinski definition) is 3. The Morgan fingerprint density at radius 1 is 1.08 bits per heavy atom. The van der Waals surface area contributed by atoms with Crippen molar-refractivity contribution in [3.63, 3.8) is 0 Å². The summed E-state index contributed by atoms with van der Waals surface area (Å²) in [6.07, 6.45) is 0. The highest BCUT2D eigenvalue weighted by Gasteiger charge is 2.12. The molecule has 1 N–H and O–H groups in total. The summed E-state index contributed by atoms with van der Waals surface area (Å²) in [5, 5.41) is 3.22. The van der Waals surface area contributed by atoms with Crippen molar-refractivity contribution in [1.29, 1.82) is 0 Å². The van der Waals surface area contributed by atoms with Gasteiger partial charge in [-0.1, -0.05) is 34.8 Å². The number of nitrogens with one attached hydrogen (secondary N) is 1. The lowest BCUT2D eigenvalue weighted by Gasteiger charge is -2.10. The van der Waals surface area contributed by atoms with E-state index in [-0.39, 0.29) is 38.7 Å². The van der Waals surface area contributed by atoms with E-state index in [1.807, 2.05) is 0 Å². The summed E-state index contributed by atoms with van der Waals surface area (Å²) in [5.41, 5.74) is 0.229. The minimum absolute atomic E-state index is 0.0469. The first kappa shape index (κ1) is 18.5. The number of ketones is 1. The minimum Gasteiger partial charge on any atom is -0.484 e. The number of anilines is 1. The Hall–Kier alpha value is -1.82. The number of ether oxygens (including phenoxy) is 1. The second-order valence-corrected chi connectivity index (χ2v) is 6.00. The number of carbonyl (C=O) groups excluding carboxylic acids is 2. The van der Waals surface area contributed by atoms with Crippen molar-refractivity contribution in [2.75, 3.05) is 11.9 Å². The summed E-state index contributed by atoms with van der Waals surface area (Å²) < 4.78 is 18.8. The Kier molecular flexibility index (Phi) is 6.04. The standard InChI is InChI=1S/C16H11Cl3FNO3/c1-8(22)10-3-2-9(4-14(10)20)24-7-16(23)21-15-6-12(18)11(17)5-13(15)19/h2-6H,7H2,1H3,(H,21,23). The lowest BCUT2D eigenvalue weighted by atomic mass is 10.1. The number of amides is 1. The summed E-state index contributed by atoms with van der Waals surface area (Å²) in [7, 11) is 0. The smallest absolute Gasteiger partial charge is 0.262 e. The molecule has 2 aromatic rings. The van der Waals surface area contributed by atoms with Crippen molar-refractivity contribution >= 4 is 52.2 Å². The maximum absolute atomic E-state index is 13.7. The lowest BCUT2D eigenvalue weighted by molar-refractivity contribution is -0.118. The van der Waals surface area contributed by atoms with Gasteiger partial charge in [0.05, 0.1) is 26.3 Å². The average molecular weight is 391 g/mol. The van der Waals surface area contributed by atoms with Gasteiger partial charge >= 0.3 is 0 Å². The van der Waals surface area contributed by atoms with E-state index >= 15 is 0 Å². The van der Waals surface area contributed by atoms with Gasteiger partial charge in [0.15, 0.2) is 12.4 Å². The third-order valence-corrected chi connectivity index (χ3v) is 4.01. The molecule has 2 rings (SSSR count). The van der Waals surface area contributed by atoms with Gasteiger partial charge in [-0.15, -0.1) is 0 Å².